The Morgan fingerprint density at radius 3 is 2.80 bits per heavy atom. The van der Waals surface area contributed by atoms with Crippen LogP contribution in [0, 0.1) is 5.92 Å². The number of carbonyl (C=O) groups is 1. The van der Waals surface area contributed by atoms with Crippen LogP contribution in [0.25, 0.3) is 0 Å². The fourth-order valence-electron chi connectivity index (χ4n) is 2.25. The number of nitrogens with zero attached hydrogens (tertiary/aromatic N) is 1. The smallest absolute Gasteiger partial charge is 0.240 e. The molecular weight excluding hydrogens is 280 g/mol. The van der Waals surface area contributed by atoms with E-state index < -0.39 is 15.9 Å². The topological polar surface area (TPSA) is 89.3 Å². The number of allylic oxidation sites excluding steroid dienone is 2. The van der Waals surface area contributed by atoms with E-state index in [2.05, 4.69) is 14.4 Å². The minimum Gasteiger partial charge on any atom is -0.364 e. The van der Waals surface area contributed by atoms with Crippen LogP contribution in [0.1, 0.15) is 38.8 Å². The number of carbonyl (C=O) groups excluding carboxylic acids is 1. The maximum atomic E-state index is 12.0. The van der Waals surface area contributed by atoms with Gasteiger partial charge in [-0.15, -0.1) is 0 Å². The lowest BCUT2D eigenvalue weighted by atomic mass is 9.85. The van der Waals surface area contributed by atoms with Crippen molar-refractivity contribution >= 4 is 15.9 Å². The molecule has 7 heteroatoms. The molecule has 1 aliphatic rings. The molecule has 110 valence electrons. The van der Waals surface area contributed by atoms with E-state index in [9.17, 15) is 13.2 Å². The number of hydrogen-bond donors (Lipinski definition) is 1. The van der Waals surface area contributed by atoms with Gasteiger partial charge in [0, 0.05) is 12.0 Å². The van der Waals surface area contributed by atoms with Gasteiger partial charge >= 0.3 is 0 Å². The first-order chi connectivity index (χ1) is 9.37. The summed E-state index contributed by atoms with van der Waals surface area (Å²) in [7, 11) is -3.72. The molecule has 1 aliphatic carbocycles. The average Bonchev–Trinajstić information content (AvgIpc) is 2.83. The van der Waals surface area contributed by atoms with Crippen molar-refractivity contribution in [3.8, 4) is 0 Å². The molecule has 0 bridgehead atoms. The van der Waals surface area contributed by atoms with Gasteiger partial charge in [0.1, 0.15) is 17.7 Å². The van der Waals surface area contributed by atoms with Gasteiger partial charge in [0.15, 0.2) is 0 Å². The molecule has 1 atom stereocenters. The molecule has 0 aromatic carbocycles. The molecule has 1 N–H and O–H groups in total. The zero-order chi connectivity index (χ0) is 14.8. The standard InChI is InChI=1S/C13H18N2O4S/c1-9-3-4-11(7-10(9)2)13(16)15-20(17,18)8-12-5-6-19-14-12/h5-6,11H,3-4,7-8H2,1-2H3,(H,15,16). The average molecular weight is 298 g/mol. The minimum atomic E-state index is -3.72. The van der Waals surface area contributed by atoms with Crippen molar-refractivity contribution in [2.24, 2.45) is 5.92 Å². The summed E-state index contributed by atoms with van der Waals surface area (Å²) in [5.74, 6) is -1.05. The number of amides is 1. The first kappa shape index (κ1) is 14.8. The second kappa shape index (κ2) is 5.78. The maximum Gasteiger partial charge on any atom is 0.240 e. The lowest BCUT2D eigenvalue weighted by Gasteiger charge is -2.23. The molecule has 1 aromatic heterocycles. The molecule has 0 aliphatic heterocycles. The molecule has 20 heavy (non-hydrogen) atoms. The van der Waals surface area contributed by atoms with E-state index in [1.807, 2.05) is 13.8 Å². The molecule has 0 saturated heterocycles. The molecule has 0 fully saturated rings. The predicted octanol–water partition coefficient (Wildman–Crippen LogP) is 1.76. The quantitative estimate of drug-likeness (QED) is 0.855. The van der Waals surface area contributed by atoms with Crippen LogP contribution >= 0.6 is 0 Å². The van der Waals surface area contributed by atoms with Crippen LogP contribution in [0.15, 0.2) is 28.0 Å². The Morgan fingerprint density at radius 2 is 2.20 bits per heavy atom. The Kier molecular flexibility index (Phi) is 4.27. The van der Waals surface area contributed by atoms with E-state index in [1.165, 1.54) is 23.5 Å². The Morgan fingerprint density at radius 1 is 1.45 bits per heavy atom. The van der Waals surface area contributed by atoms with Crippen LogP contribution in [-0.4, -0.2) is 19.5 Å². The molecule has 0 radical (unpaired) electrons. The number of aromatic nitrogens is 1. The van der Waals surface area contributed by atoms with Crippen LogP contribution < -0.4 is 4.72 Å². The highest BCUT2D eigenvalue weighted by molar-refractivity contribution is 7.89. The fraction of sp³-hybridized carbons (Fsp3) is 0.538. The monoisotopic (exact) mass is 298 g/mol. The van der Waals surface area contributed by atoms with Crippen molar-refractivity contribution in [3.05, 3.63) is 29.2 Å². The molecular formula is C13H18N2O4S. The zero-order valence-electron chi connectivity index (χ0n) is 11.5. The van der Waals surface area contributed by atoms with Gasteiger partial charge in [-0.05, 0) is 33.1 Å². The largest absolute Gasteiger partial charge is 0.364 e. The summed E-state index contributed by atoms with van der Waals surface area (Å²) in [6.07, 6.45) is 3.45. The number of sulfonamides is 1. The molecule has 1 heterocycles. The summed E-state index contributed by atoms with van der Waals surface area (Å²) in [5, 5.41) is 3.53. The molecule has 1 amide bonds. The second-order valence-electron chi connectivity index (χ2n) is 5.22. The Hall–Kier alpha value is -1.63. The third-order valence-corrected chi connectivity index (χ3v) is 4.79. The predicted molar refractivity (Wildman–Crippen MR) is 73.0 cm³/mol. The van der Waals surface area contributed by atoms with Gasteiger partial charge < -0.3 is 4.52 Å². The number of rotatable bonds is 4. The van der Waals surface area contributed by atoms with Gasteiger partial charge in [0.25, 0.3) is 0 Å². The van der Waals surface area contributed by atoms with Crippen molar-refractivity contribution < 1.29 is 17.7 Å². The fourth-order valence-corrected chi connectivity index (χ4v) is 3.34. The zero-order valence-corrected chi connectivity index (χ0v) is 12.4. The van der Waals surface area contributed by atoms with E-state index in [0.717, 1.165) is 6.42 Å². The molecule has 0 saturated carbocycles. The first-order valence-electron chi connectivity index (χ1n) is 6.46. The van der Waals surface area contributed by atoms with Crippen molar-refractivity contribution in [1.29, 1.82) is 0 Å². The SMILES string of the molecule is CC1=C(C)CC(C(=O)NS(=O)(=O)Cc2ccon2)CC1. The molecule has 2 rings (SSSR count). The number of hydrogen-bond acceptors (Lipinski definition) is 5. The molecule has 6 nitrogen and oxygen atoms in total. The summed E-state index contributed by atoms with van der Waals surface area (Å²) in [6.45, 7) is 4.03. The van der Waals surface area contributed by atoms with Gasteiger partial charge in [0.05, 0.1) is 0 Å². The van der Waals surface area contributed by atoms with Crippen molar-refractivity contribution in [2.45, 2.75) is 38.9 Å². The lowest BCUT2D eigenvalue weighted by molar-refractivity contribution is -0.123. The van der Waals surface area contributed by atoms with E-state index >= 15 is 0 Å². The van der Waals surface area contributed by atoms with Gasteiger partial charge in [-0.25, -0.2) is 8.42 Å². The van der Waals surface area contributed by atoms with Gasteiger partial charge in [-0.1, -0.05) is 16.3 Å². The van der Waals surface area contributed by atoms with Gasteiger partial charge in [-0.3, -0.25) is 9.52 Å². The summed E-state index contributed by atoms with van der Waals surface area (Å²) in [4.78, 5) is 12.0. The van der Waals surface area contributed by atoms with Crippen molar-refractivity contribution in [1.82, 2.24) is 9.88 Å². The Labute approximate surface area is 118 Å². The Bertz CT molecular complexity index is 617. The van der Waals surface area contributed by atoms with Crippen LogP contribution in [0.2, 0.25) is 0 Å². The number of nitrogens with one attached hydrogen (secondary N) is 1. The van der Waals surface area contributed by atoms with E-state index in [0.29, 0.717) is 12.8 Å². The molecule has 1 unspecified atom stereocenters. The summed E-state index contributed by atoms with van der Waals surface area (Å²) in [5.41, 5.74) is 2.74. The normalized spacial score (nSPS) is 20.0. The lowest BCUT2D eigenvalue weighted by Crippen LogP contribution is -2.37. The van der Waals surface area contributed by atoms with Gasteiger partial charge in [0.2, 0.25) is 15.9 Å². The highest BCUT2D eigenvalue weighted by Gasteiger charge is 2.27. The van der Waals surface area contributed by atoms with Crippen LogP contribution in [0.3, 0.4) is 0 Å². The van der Waals surface area contributed by atoms with Gasteiger partial charge in [-0.2, -0.15) is 0 Å². The third-order valence-electron chi connectivity index (χ3n) is 3.60. The van der Waals surface area contributed by atoms with Crippen molar-refractivity contribution in [2.75, 3.05) is 0 Å². The van der Waals surface area contributed by atoms with Crippen LogP contribution in [0.5, 0.6) is 0 Å². The second-order valence-corrected chi connectivity index (χ2v) is 6.94. The molecule has 1 aromatic rings. The van der Waals surface area contributed by atoms with E-state index in [-0.39, 0.29) is 17.4 Å². The first-order valence-corrected chi connectivity index (χ1v) is 8.11. The third kappa shape index (κ3) is 3.69. The van der Waals surface area contributed by atoms with Crippen molar-refractivity contribution in [3.63, 3.8) is 0 Å². The maximum absolute atomic E-state index is 12.0. The Balaban J connectivity index is 1.98. The van der Waals surface area contributed by atoms with E-state index in [4.69, 9.17) is 0 Å². The minimum absolute atomic E-state index is 0.272. The highest BCUT2D eigenvalue weighted by Crippen LogP contribution is 2.29. The van der Waals surface area contributed by atoms with Crippen LogP contribution in [-0.2, 0) is 20.6 Å². The van der Waals surface area contributed by atoms with Crippen LogP contribution in [0.4, 0.5) is 0 Å². The molecule has 0 spiro atoms. The summed E-state index contributed by atoms with van der Waals surface area (Å²) >= 11 is 0. The highest BCUT2D eigenvalue weighted by atomic mass is 32.2. The summed E-state index contributed by atoms with van der Waals surface area (Å²) in [6, 6.07) is 1.46. The summed E-state index contributed by atoms with van der Waals surface area (Å²) < 4.78 is 30.4. The van der Waals surface area contributed by atoms with E-state index in [1.54, 1.807) is 0 Å².